The van der Waals surface area contributed by atoms with Gasteiger partial charge >= 0.3 is 0 Å². The van der Waals surface area contributed by atoms with E-state index in [4.69, 9.17) is 5.73 Å². The number of aryl methyl sites for hydroxylation is 1. The van der Waals surface area contributed by atoms with E-state index in [-0.39, 0.29) is 0 Å². The van der Waals surface area contributed by atoms with Crippen molar-refractivity contribution in [3.05, 3.63) is 46.4 Å². The van der Waals surface area contributed by atoms with Gasteiger partial charge in [0, 0.05) is 10.0 Å². The van der Waals surface area contributed by atoms with Crippen molar-refractivity contribution in [1.82, 2.24) is 4.98 Å². The molecular formula is C12H11BrN2. The molecule has 1 heterocycles. The summed E-state index contributed by atoms with van der Waals surface area (Å²) in [5, 5.41) is 0. The van der Waals surface area contributed by atoms with Crippen molar-refractivity contribution >= 4 is 21.7 Å². The topological polar surface area (TPSA) is 38.9 Å². The molecule has 2 rings (SSSR count). The monoisotopic (exact) mass is 262 g/mol. The predicted octanol–water partition coefficient (Wildman–Crippen LogP) is 3.40. The first kappa shape index (κ1) is 10.2. The summed E-state index contributed by atoms with van der Waals surface area (Å²) < 4.78 is 1.11. The molecule has 0 unspecified atom stereocenters. The van der Waals surface area contributed by atoms with Gasteiger partial charge in [0.05, 0.1) is 5.69 Å². The Balaban J connectivity index is 2.50. The SMILES string of the molecule is Cc1cc(-c2cccc(N)n2)ccc1Br. The quantitative estimate of drug-likeness (QED) is 0.856. The minimum atomic E-state index is 0.549. The highest BCUT2D eigenvalue weighted by atomic mass is 79.9. The Morgan fingerprint density at radius 2 is 2.00 bits per heavy atom. The Labute approximate surface area is 97.3 Å². The second-order valence-electron chi connectivity index (χ2n) is 3.41. The van der Waals surface area contributed by atoms with Crippen LogP contribution in [0.5, 0.6) is 0 Å². The Kier molecular flexibility index (Phi) is 2.73. The predicted molar refractivity (Wildman–Crippen MR) is 66.5 cm³/mol. The maximum atomic E-state index is 5.64. The maximum Gasteiger partial charge on any atom is 0.124 e. The Morgan fingerprint density at radius 1 is 1.20 bits per heavy atom. The van der Waals surface area contributed by atoms with Gasteiger partial charge in [0.15, 0.2) is 0 Å². The van der Waals surface area contributed by atoms with Crippen molar-refractivity contribution in [3.8, 4) is 11.3 Å². The van der Waals surface area contributed by atoms with Crippen LogP contribution in [-0.2, 0) is 0 Å². The highest BCUT2D eigenvalue weighted by Crippen LogP contribution is 2.23. The van der Waals surface area contributed by atoms with Gasteiger partial charge < -0.3 is 5.73 Å². The zero-order chi connectivity index (χ0) is 10.8. The van der Waals surface area contributed by atoms with Gasteiger partial charge in [0.25, 0.3) is 0 Å². The third kappa shape index (κ3) is 2.18. The van der Waals surface area contributed by atoms with E-state index in [1.807, 2.05) is 24.3 Å². The zero-order valence-corrected chi connectivity index (χ0v) is 9.95. The van der Waals surface area contributed by atoms with Gasteiger partial charge in [-0.2, -0.15) is 0 Å². The van der Waals surface area contributed by atoms with Crippen molar-refractivity contribution in [2.24, 2.45) is 0 Å². The lowest BCUT2D eigenvalue weighted by molar-refractivity contribution is 1.32. The smallest absolute Gasteiger partial charge is 0.124 e. The molecule has 2 N–H and O–H groups in total. The fourth-order valence-corrected chi connectivity index (χ4v) is 1.66. The lowest BCUT2D eigenvalue weighted by atomic mass is 10.1. The van der Waals surface area contributed by atoms with Crippen LogP contribution in [0.4, 0.5) is 5.82 Å². The van der Waals surface area contributed by atoms with Crippen molar-refractivity contribution in [3.63, 3.8) is 0 Å². The molecule has 0 amide bonds. The van der Waals surface area contributed by atoms with Crippen LogP contribution in [0.2, 0.25) is 0 Å². The molecule has 15 heavy (non-hydrogen) atoms. The highest BCUT2D eigenvalue weighted by molar-refractivity contribution is 9.10. The summed E-state index contributed by atoms with van der Waals surface area (Å²) in [7, 11) is 0. The number of rotatable bonds is 1. The molecule has 3 heteroatoms. The number of aromatic nitrogens is 1. The van der Waals surface area contributed by atoms with Crippen LogP contribution in [0, 0.1) is 6.92 Å². The minimum Gasteiger partial charge on any atom is -0.384 e. The standard InChI is InChI=1S/C12H11BrN2/c1-8-7-9(5-6-10(8)13)11-3-2-4-12(14)15-11/h2-7H,1H3,(H2,14,15). The molecule has 2 aromatic rings. The number of halogens is 1. The zero-order valence-electron chi connectivity index (χ0n) is 8.37. The number of hydrogen-bond donors (Lipinski definition) is 1. The van der Waals surface area contributed by atoms with Gasteiger partial charge in [-0.15, -0.1) is 0 Å². The number of pyridine rings is 1. The van der Waals surface area contributed by atoms with Gasteiger partial charge in [0.2, 0.25) is 0 Å². The van der Waals surface area contributed by atoms with Crippen LogP contribution in [0.3, 0.4) is 0 Å². The van der Waals surface area contributed by atoms with Gasteiger partial charge in [-0.25, -0.2) is 4.98 Å². The molecule has 0 aliphatic carbocycles. The van der Waals surface area contributed by atoms with Gasteiger partial charge in [-0.3, -0.25) is 0 Å². The molecule has 1 aromatic carbocycles. The number of nitrogens with two attached hydrogens (primary N) is 1. The summed E-state index contributed by atoms with van der Waals surface area (Å²) in [5.41, 5.74) is 8.83. The van der Waals surface area contributed by atoms with E-state index >= 15 is 0 Å². The van der Waals surface area contributed by atoms with Crippen LogP contribution >= 0.6 is 15.9 Å². The second kappa shape index (κ2) is 4.03. The third-order valence-electron chi connectivity index (χ3n) is 2.22. The van der Waals surface area contributed by atoms with Crippen molar-refractivity contribution in [2.75, 3.05) is 5.73 Å². The summed E-state index contributed by atoms with van der Waals surface area (Å²) >= 11 is 3.47. The molecule has 0 aliphatic rings. The lowest BCUT2D eigenvalue weighted by Gasteiger charge is -2.04. The molecule has 0 aliphatic heterocycles. The highest BCUT2D eigenvalue weighted by Gasteiger charge is 2.01. The number of benzene rings is 1. The number of hydrogen-bond acceptors (Lipinski definition) is 2. The maximum absolute atomic E-state index is 5.64. The van der Waals surface area contributed by atoms with Gasteiger partial charge in [0.1, 0.15) is 5.82 Å². The number of nitrogen functional groups attached to an aromatic ring is 1. The first-order chi connectivity index (χ1) is 7.16. The van der Waals surface area contributed by atoms with Crippen LogP contribution in [0.25, 0.3) is 11.3 Å². The lowest BCUT2D eigenvalue weighted by Crippen LogP contribution is -1.91. The van der Waals surface area contributed by atoms with E-state index in [9.17, 15) is 0 Å². The van der Waals surface area contributed by atoms with Crippen molar-refractivity contribution < 1.29 is 0 Å². The first-order valence-electron chi connectivity index (χ1n) is 4.66. The summed E-state index contributed by atoms with van der Waals surface area (Å²) in [5.74, 6) is 0.549. The Bertz CT molecular complexity index is 495. The van der Waals surface area contributed by atoms with Crippen molar-refractivity contribution in [2.45, 2.75) is 6.92 Å². The van der Waals surface area contributed by atoms with Gasteiger partial charge in [-0.05, 0) is 36.8 Å². The fourth-order valence-electron chi connectivity index (χ4n) is 1.42. The third-order valence-corrected chi connectivity index (χ3v) is 3.11. The molecule has 0 saturated heterocycles. The molecule has 0 saturated carbocycles. The number of anilines is 1. The van der Waals surface area contributed by atoms with E-state index in [0.29, 0.717) is 5.82 Å². The number of nitrogens with zero attached hydrogens (tertiary/aromatic N) is 1. The molecule has 0 bridgehead atoms. The van der Waals surface area contributed by atoms with Crippen LogP contribution in [0.1, 0.15) is 5.56 Å². The normalized spacial score (nSPS) is 10.3. The Morgan fingerprint density at radius 3 is 2.67 bits per heavy atom. The van der Waals surface area contributed by atoms with Crippen LogP contribution < -0.4 is 5.73 Å². The molecule has 2 nitrogen and oxygen atoms in total. The first-order valence-corrected chi connectivity index (χ1v) is 5.45. The largest absolute Gasteiger partial charge is 0.384 e. The average Bonchev–Trinajstić information content (AvgIpc) is 2.22. The molecular weight excluding hydrogens is 252 g/mol. The van der Waals surface area contributed by atoms with E-state index in [1.54, 1.807) is 6.07 Å². The summed E-state index contributed by atoms with van der Waals surface area (Å²) in [6.45, 7) is 2.06. The Hall–Kier alpha value is -1.35. The van der Waals surface area contributed by atoms with Crippen LogP contribution in [-0.4, -0.2) is 4.98 Å². The van der Waals surface area contributed by atoms with Crippen molar-refractivity contribution in [1.29, 1.82) is 0 Å². The van der Waals surface area contributed by atoms with E-state index in [0.717, 1.165) is 15.7 Å². The summed E-state index contributed by atoms with van der Waals surface area (Å²) in [6.07, 6.45) is 0. The molecule has 76 valence electrons. The van der Waals surface area contributed by atoms with Gasteiger partial charge in [-0.1, -0.05) is 28.1 Å². The summed E-state index contributed by atoms with van der Waals surface area (Å²) in [6, 6.07) is 11.8. The average molecular weight is 263 g/mol. The molecule has 0 radical (unpaired) electrons. The second-order valence-corrected chi connectivity index (χ2v) is 4.27. The van der Waals surface area contributed by atoms with E-state index < -0.39 is 0 Å². The molecule has 0 spiro atoms. The molecule has 0 fully saturated rings. The minimum absolute atomic E-state index is 0.549. The molecule has 1 aromatic heterocycles. The summed E-state index contributed by atoms with van der Waals surface area (Å²) in [4.78, 5) is 4.28. The van der Waals surface area contributed by atoms with E-state index in [1.165, 1.54) is 5.56 Å². The molecule has 0 atom stereocenters. The van der Waals surface area contributed by atoms with E-state index in [2.05, 4.69) is 33.9 Å². The van der Waals surface area contributed by atoms with Crippen LogP contribution in [0.15, 0.2) is 40.9 Å². The fraction of sp³-hybridized carbons (Fsp3) is 0.0833.